The lowest BCUT2D eigenvalue weighted by molar-refractivity contribution is 0.0342. The molecule has 1 amide bonds. The summed E-state index contributed by atoms with van der Waals surface area (Å²) in [4.78, 5) is 14.7. The average molecular weight is 302 g/mol. The Bertz CT molecular complexity index is 615. The summed E-state index contributed by atoms with van der Waals surface area (Å²) in [5.74, 6) is -0.372. The van der Waals surface area contributed by atoms with Crippen molar-refractivity contribution in [2.24, 2.45) is 5.73 Å². The molecule has 0 bridgehead atoms. The maximum absolute atomic E-state index is 11.4. The van der Waals surface area contributed by atoms with Crippen molar-refractivity contribution in [3.63, 3.8) is 0 Å². The highest BCUT2D eigenvalue weighted by Gasteiger charge is 2.13. The summed E-state index contributed by atoms with van der Waals surface area (Å²) in [6.07, 6.45) is 0. The van der Waals surface area contributed by atoms with Crippen LogP contribution in [0.15, 0.2) is 35.7 Å². The number of hydrogen-bond donors (Lipinski definition) is 1. The van der Waals surface area contributed by atoms with Crippen LogP contribution in [0.25, 0.3) is 10.4 Å². The number of amides is 1. The Kier molecular flexibility index (Phi) is 4.34. The van der Waals surface area contributed by atoms with E-state index in [4.69, 9.17) is 10.5 Å². The number of thiophene rings is 1. The molecule has 4 nitrogen and oxygen atoms in total. The van der Waals surface area contributed by atoms with E-state index < -0.39 is 0 Å². The monoisotopic (exact) mass is 302 g/mol. The molecule has 0 spiro atoms. The summed E-state index contributed by atoms with van der Waals surface area (Å²) in [6.45, 7) is 4.54. The minimum atomic E-state index is -0.372. The molecule has 1 fully saturated rings. The van der Waals surface area contributed by atoms with Crippen molar-refractivity contribution in [3.8, 4) is 10.4 Å². The molecule has 1 aliphatic rings. The number of rotatable bonds is 4. The van der Waals surface area contributed by atoms with Crippen LogP contribution in [-0.2, 0) is 11.3 Å². The highest BCUT2D eigenvalue weighted by molar-refractivity contribution is 7.14. The first-order valence-electron chi connectivity index (χ1n) is 7.01. The Balaban J connectivity index is 1.74. The maximum atomic E-state index is 11.4. The second-order valence-electron chi connectivity index (χ2n) is 5.11. The Morgan fingerprint density at radius 3 is 2.57 bits per heavy atom. The number of ether oxygens (including phenoxy) is 1. The summed E-state index contributed by atoms with van der Waals surface area (Å²) in [6, 6.07) is 10.1. The van der Waals surface area contributed by atoms with Crippen molar-refractivity contribution in [3.05, 3.63) is 46.8 Å². The van der Waals surface area contributed by atoms with Crippen molar-refractivity contribution in [2.75, 3.05) is 26.3 Å². The van der Waals surface area contributed by atoms with Crippen molar-refractivity contribution in [1.29, 1.82) is 0 Å². The van der Waals surface area contributed by atoms with Gasteiger partial charge in [-0.15, -0.1) is 11.3 Å². The summed E-state index contributed by atoms with van der Waals surface area (Å²) in [5, 5.41) is 1.90. The van der Waals surface area contributed by atoms with Crippen LogP contribution in [0.3, 0.4) is 0 Å². The minimum Gasteiger partial charge on any atom is -0.379 e. The fourth-order valence-electron chi connectivity index (χ4n) is 2.51. The van der Waals surface area contributed by atoms with Crippen LogP contribution < -0.4 is 5.73 Å². The van der Waals surface area contributed by atoms with Crippen LogP contribution in [0.2, 0.25) is 0 Å². The van der Waals surface area contributed by atoms with Gasteiger partial charge in [0.05, 0.1) is 18.8 Å². The number of nitrogens with two attached hydrogens (primary N) is 1. The van der Waals surface area contributed by atoms with Gasteiger partial charge in [0.2, 0.25) is 5.91 Å². The molecule has 0 atom stereocenters. The van der Waals surface area contributed by atoms with Gasteiger partial charge in [-0.05, 0) is 22.6 Å². The zero-order chi connectivity index (χ0) is 14.7. The van der Waals surface area contributed by atoms with Gasteiger partial charge in [-0.3, -0.25) is 9.69 Å². The molecule has 1 aromatic carbocycles. The number of nitrogens with zero attached hydrogens (tertiary/aromatic N) is 1. The van der Waals surface area contributed by atoms with Gasteiger partial charge in [0.1, 0.15) is 0 Å². The number of hydrogen-bond acceptors (Lipinski definition) is 4. The number of benzene rings is 1. The highest BCUT2D eigenvalue weighted by atomic mass is 32.1. The molecule has 2 N–H and O–H groups in total. The molecule has 0 saturated carbocycles. The zero-order valence-electron chi connectivity index (χ0n) is 11.7. The normalized spacial score (nSPS) is 16.0. The number of carbonyl (C=O) groups excluding carboxylic acids is 1. The van der Waals surface area contributed by atoms with E-state index in [9.17, 15) is 4.79 Å². The Labute approximate surface area is 128 Å². The van der Waals surface area contributed by atoms with Crippen LogP contribution in [0.1, 0.15) is 15.9 Å². The Morgan fingerprint density at radius 2 is 1.90 bits per heavy atom. The quantitative estimate of drug-likeness (QED) is 0.943. The third-order valence-corrected chi connectivity index (χ3v) is 4.62. The molecule has 3 rings (SSSR count). The second-order valence-corrected chi connectivity index (χ2v) is 6.03. The maximum Gasteiger partial charge on any atom is 0.250 e. The van der Waals surface area contributed by atoms with Crippen LogP contribution in [0.5, 0.6) is 0 Å². The standard InChI is InChI=1S/C16H18N2O2S/c17-16(19)14-5-10-21-15(14)13-3-1-12(2-4-13)11-18-6-8-20-9-7-18/h1-5,10H,6-9,11H2,(H2,17,19). The van der Waals surface area contributed by atoms with Gasteiger partial charge in [0.15, 0.2) is 0 Å². The average Bonchev–Trinajstić information content (AvgIpc) is 2.99. The molecule has 21 heavy (non-hydrogen) atoms. The largest absolute Gasteiger partial charge is 0.379 e. The zero-order valence-corrected chi connectivity index (χ0v) is 12.6. The Morgan fingerprint density at radius 1 is 1.19 bits per heavy atom. The highest BCUT2D eigenvalue weighted by Crippen LogP contribution is 2.29. The van der Waals surface area contributed by atoms with Crippen LogP contribution in [0, 0.1) is 0 Å². The molecule has 0 unspecified atom stereocenters. The molecule has 5 heteroatoms. The smallest absolute Gasteiger partial charge is 0.250 e. The molecule has 110 valence electrons. The van der Waals surface area contributed by atoms with Crippen molar-refractivity contribution in [1.82, 2.24) is 4.90 Å². The fourth-order valence-corrected chi connectivity index (χ4v) is 3.41. The second kappa shape index (κ2) is 6.39. The molecule has 0 aliphatic carbocycles. The van der Waals surface area contributed by atoms with E-state index in [0.717, 1.165) is 43.3 Å². The number of primary amides is 1. The Hall–Kier alpha value is -1.69. The van der Waals surface area contributed by atoms with Crippen molar-refractivity contribution < 1.29 is 9.53 Å². The third kappa shape index (κ3) is 3.32. The molecular weight excluding hydrogens is 284 g/mol. The van der Waals surface area contributed by atoms with Crippen molar-refractivity contribution in [2.45, 2.75) is 6.54 Å². The van der Waals surface area contributed by atoms with Gasteiger partial charge in [0, 0.05) is 24.5 Å². The SMILES string of the molecule is NC(=O)c1ccsc1-c1ccc(CN2CCOCC2)cc1. The number of morpholine rings is 1. The van der Waals surface area contributed by atoms with Gasteiger partial charge in [0.25, 0.3) is 0 Å². The molecule has 1 aliphatic heterocycles. The van der Waals surface area contributed by atoms with Crippen LogP contribution in [-0.4, -0.2) is 37.1 Å². The van der Waals surface area contributed by atoms with Gasteiger partial charge in [-0.25, -0.2) is 0 Å². The van der Waals surface area contributed by atoms with Gasteiger partial charge < -0.3 is 10.5 Å². The van der Waals surface area contributed by atoms with Gasteiger partial charge in [-0.2, -0.15) is 0 Å². The molecular formula is C16H18N2O2S. The van der Waals surface area contributed by atoms with Crippen LogP contribution in [0.4, 0.5) is 0 Å². The predicted octanol–water partition coefficient (Wildman–Crippen LogP) is 2.35. The predicted molar refractivity (Wildman–Crippen MR) is 84.4 cm³/mol. The van der Waals surface area contributed by atoms with E-state index in [1.807, 2.05) is 5.38 Å². The fraction of sp³-hybridized carbons (Fsp3) is 0.312. The van der Waals surface area contributed by atoms with Gasteiger partial charge >= 0.3 is 0 Å². The molecule has 2 aromatic rings. The van der Waals surface area contributed by atoms with E-state index in [2.05, 4.69) is 29.2 Å². The van der Waals surface area contributed by atoms with Crippen LogP contribution >= 0.6 is 11.3 Å². The van der Waals surface area contributed by atoms with Crippen molar-refractivity contribution >= 4 is 17.2 Å². The topological polar surface area (TPSA) is 55.6 Å². The van der Waals surface area contributed by atoms with Gasteiger partial charge in [-0.1, -0.05) is 24.3 Å². The van der Waals surface area contributed by atoms with E-state index in [1.165, 1.54) is 5.56 Å². The molecule has 2 heterocycles. The first-order chi connectivity index (χ1) is 10.2. The van der Waals surface area contributed by atoms with E-state index >= 15 is 0 Å². The summed E-state index contributed by atoms with van der Waals surface area (Å²) in [7, 11) is 0. The lowest BCUT2D eigenvalue weighted by Crippen LogP contribution is -2.35. The molecule has 0 radical (unpaired) electrons. The summed E-state index contributed by atoms with van der Waals surface area (Å²) < 4.78 is 5.36. The lowest BCUT2D eigenvalue weighted by Gasteiger charge is -2.26. The minimum absolute atomic E-state index is 0.372. The molecule has 1 saturated heterocycles. The van der Waals surface area contributed by atoms with E-state index in [0.29, 0.717) is 5.56 Å². The number of carbonyl (C=O) groups is 1. The van der Waals surface area contributed by atoms with E-state index in [1.54, 1.807) is 17.4 Å². The first-order valence-corrected chi connectivity index (χ1v) is 7.89. The lowest BCUT2D eigenvalue weighted by atomic mass is 10.1. The third-order valence-electron chi connectivity index (χ3n) is 3.66. The summed E-state index contributed by atoms with van der Waals surface area (Å²) in [5.41, 5.74) is 8.32. The van der Waals surface area contributed by atoms with E-state index in [-0.39, 0.29) is 5.91 Å². The molecule has 1 aromatic heterocycles. The summed E-state index contributed by atoms with van der Waals surface area (Å²) >= 11 is 1.54. The first kappa shape index (κ1) is 14.3.